The van der Waals surface area contributed by atoms with Crippen LogP contribution in [0.3, 0.4) is 0 Å². The average Bonchev–Trinajstić information content (AvgIpc) is 3.56. The molecule has 3 aromatic heterocycles. The Hall–Kier alpha value is -3.42. The number of nitrogen functional groups attached to an aromatic ring is 1. The number of halogens is 3. The second-order valence-electron chi connectivity index (χ2n) is 9.94. The number of carbonyl (C=O) groups is 1. The van der Waals surface area contributed by atoms with Crippen molar-refractivity contribution in [2.45, 2.75) is 37.9 Å². The minimum Gasteiger partial charge on any atom is -0.461 e. The van der Waals surface area contributed by atoms with Crippen molar-refractivity contribution in [3.8, 4) is 11.6 Å². The lowest BCUT2D eigenvalue weighted by Gasteiger charge is -2.54. The van der Waals surface area contributed by atoms with E-state index in [-0.39, 0.29) is 23.0 Å². The van der Waals surface area contributed by atoms with Crippen molar-refractivity contribution in [2.24, 2.45) is 5.41 Å². The van der Waals surface area contributed by atoms with E-state index in [4.69, 9.17) is 10.2 Å². The average molecular weight is 506 g/mol. The van der Waals surface area contributed by atoms with Crippen LogP contribution in [0.5, 0.6) is 0 Å². The fourth-order valence-corrected chi connectivity index (χ4v) is 5.58. The summed E-state index contributed by atoms with van der Waals surface area (Å²) in [5.41, 5.74) is 6.06. The molecule has 3 aliphatic rings. The van der Waals surface area contributed by atoms with Gasteiger partial charge in [0, 0.05) is 25.0 Å². The summed E-state index contributed by atoms with van der Waals surface area (Å²) < 4.78 is 44.8. The molecule has 6 rings (SSSR count). The van der Waals surface area contributed by atoms with Gasteiger partial charge in [0.2, 0.25) is 23.6 Å². The van der Waals surface area contributed by atoms with Crippen LogP contribution in [0.25, 0.3) is 17.4 Å². The molecule has 0 bridgehead atoms. The van der Waals surface area contributed by atoms with Crippen LogP contribution < -0.4 is 10.6 Å². The maximum atomic E-state index is 13.4. The Labute approximate surface area is 204 Å². The van der Waals surface area contributed by atoms with Gasteiger partial charge in [0.1, 0.15) is 6.04 Å². The van der Waals surface area contributed by atoms with Crippen LogP contribution in [-0.2, 0) is 4.79 Å². The van der Waals surface area contributed by atoms with E-state index in [1.54, 1.807) is 12.1 Å². The first kappa shape index (κ1) is 23.0. The Morgan fingerprint density at radius 2 is 1.94 bits per heavy atom. The Kier molecular flexibility index (Phi) is 5.32. The second-order valence-corrected chi connectivity index (χ2v) is 9.94. The van der Waals surface area contributed by atoms with Crippen LogP contribution in [0.1, 0.15) is 25.7 Å². The van der Waals surface area contributed by atoms with Crippen molar-refractivity contribution >= 4 is 23.6 Å². The van der Waals surface area contributed by atoms with Crippen molar-refractivity contribution in [1.82, 2.24) is 34.4 Å². The molecule has 0 saturated carbocycles. The fraction of sp³-hybridized carbons (Fsp3) is 0.591. The molecule has 36 heavy (non-hydrogen) atoms. The number of furan rings is 1. The third-order valence-corrected chi connectivity index (χ3v) is 7.44. The van der Waals surface area contributed by atoms with Crippen molar-refractivity contribution in [1.29, 1.82) is 0 Å². The first-order chi connectivity index (χ1) is 17.2. The number of likely N-dealkylation sites (tertiary alicyclic amines) is 2. The molecule has 0 aromatic carbocycles. The minimum atomic E-state index is -4.18. The van der Waals surface area contributed by atoms with E-state index in [2.05, 4.69) is 20.1 Å². The van der Waals surface area contributed by atoms with Gasteiger partial charge in [-0.05, 0) is 50.9 Å². The number of piperidine rings is 1. The number of nitrogens with two attached hydrogens (primary N) is 1. The molecule has 0 unspecified atom stereocenters. The molecule has 3 aromatic rings. The predicted octanol–water partition coefficient (Wildman–Crippen LogP) is 1.82. The van der Waals surface area contributed by atoms with Crippen LogP contribution in [0.4, 0.5) is 25.1 Å². The third-order valence-electron chi connectivity index (χ3n) is 7.44. The maximum Gasteiger partial charge on any atom is 0.401 e. The van der Waals surface area contributed by atoms with Gasteiger partial charge in [0.05, 0.1) is 12.8 Å². The van der Waals surface area contributed by atoms with Gasteiger partial charge >= 0.3 is 6.18 Å². The number of nitrogens with zero attached hydrogens (tertiary/aromatic N) is 8. The number of fused-ring (bicyclic) bond motifs is 1. The zero-order valence-electron chi connectivity index (χ0n) is 19.5. The van der Waals surface area contributed by atoms with Gasteiger partial charge in [0.15, 0.2) is 5.76 Å². The number of anilines is 2. The lowest BCUT2D eigenvalue weighted by molar-refractivity contribution is -0.160. The van der Waals surface area contributed by atoms with Crippen LogP contribution in [0.15, 0.2) is 22.8 Å². The molecule has 1 amide bonds. The second kappa shape index (κ2) is 8.32. The van der Waals surface area contributed by atoms with Crippen molar-refractivity contribution in [3.05, 3.63) is 18.4 Å². The molecule has 1 atom stereocenters. The molecular weight excluding hydrogens is 479 g/mol. The Morgan fingerprint density at radius 3 is 2.64 bits per heavy atom. The zero-order valence-corrected chi connectivity index (χ0v) is 19.5. The highest BCUT2D eigenvalue weighted by Gasteiger charge is 2.49. The predicted molar refractivity (Wildman–Crippen MR) is 122 cm³/mol. The van der Waals surface area contributed by atoms with Gasteiger partial charge in [-0.3, -0.25) is 9.69 Å². The summed E-state index contributed by atoms with van der Waals surface area (Å²) in [6.07, 6.45) is 0.152. The third kappa shape index (κ3) is 4.12. The molecule has 0 radical (unpaired) electrons. The molecule has 2 N–H and O–H groups in total. The lowest BCUT2D eigenvalue weighted by Crippen LogP contribution is -2.64. The van der Waals surface area contributed by atoms with Gasteiger partial charge in [-0.1, -0.05) is 0 Å². The summed E-state index contributed by atoms with van der Waals surface area (Å²) in [4.78, 5) is 31.8. The molecule has 192 valence electrons. The summed E-state index contributed by atoms with van der Waals surface area (Å²) >= 11 is 0. The van der Waals surface area contributed by atoms with E-state index >= 15 is 0 Å². The summed E-state index contributed by atoms with van der Waals surface area (Å²) in [6.45, 7) is 1.70. The van der Waals surface area contributed by atoms with Gasteiger partial charge in [-0.25, -0.2) is 0 Å². The number of rotatable bonds is 4. The number of hydrogen-bond donors (Lipinski definition) is 1. The van der Waals surface area contributed by atoms with E-state index in [1.165, 1.54) is 15.7 Å². The molecule has 3 saturated heterocycles. The first-order valence-electron chi connectivity index (χ1n) is 12.0. The summed E-state index contributed by atoms with van der Waals surface area (Å²) in [5.74, 6) is 1.49. The summed E-state index contributed by atoms with van der Waals surface area (Å²) in [5, 5.41) is 4.30. The van der Waals surface area contributed by atoms with Gasteiger partial charge in [-0.2, -0.15) is 32.6 Å². The molecule has 11 nitrogen and oxygen atoms in total. The van der Waals surface area contributed by atoms with Gasteiger partial charge in [0.25, 0.3) is 5.78 Å². The number of alkyl halides is 3. The maximum absolute atomic E-state index is 13.4. The number of aromatic nitrogens is 5. The highest BCUT2D eigenvalue weighted by Crippen LogP contribution is 2.42. The molecule has 3 aliphatic heterocycles. The molecule has 0 aliphatic carbocycles. The highest BCUT2D eigenvalue weighted by atomic mass is 19.4. The molecular formula is C22H26F3N9O2. The van der Waals surface area contributed by atoms with Crippen LogP contribution in [-0.4, -0.2) is 91.8 Å². The van der Waals surface area contributed by atoms with Crippen LogP contribution in [0, 0.1) is 5.41 Å². The Morgan fingerprint density at radius 1 is 1.17 bits per heavy atom. The quantitative estimate of drug-likeness (QED) is 0.566. The van der Waals surface area contributed by atoms with Gasteiger partial charge < -0.3 is 20.0 Å². The number of amides is 1. The molecule has 6 heterocycles. The molecule has 3 fully saturated rings. The Bertz CT molecular complexity index is 1260. The van der Waals surface area contributed by atoms with Crippen molar-refractivity contribution < 1.29 is 22.4 Å². The van der Waals surface area contributed by atoms with Crippen LogP contribution >= 0.6 is 0 Å². The normalized spacial score (nSPS) is 22.5. The minimum absolute atomic E-state index is 0.00404. The summed E-state index contributed by atoms with van der Waals surface area (Å²) in [6, 6.07) is 3.05. The SMILES string of the molecule is Nc1nc(N2CCC[C@H]2C(=O)N2CC3(CCN(CC(F)(F)F)CC3)C2)nc2nc(-c3ccco3)nn12. The van der Waals surface area contributed by atoms with Gasteiger partial charge in [-0.15, -0.1) is 5.10 Å². The van der Waals surface area contributed by atoms with Crippen molar-refractivity contribution in [3.63, 3.8) is 0 Å². The van der Waals surface area contributed by atoms with E-state index < -0.39 is 18.8 Å². The van der Waals surface area contributed by atoms with Crippen LogP contribution in [0.2, 0.25) is 0 Å². The zero-order chi connectivity index (χ0) is 25.1. The summed E-state index contributed by atoms with van der Waals surface area (Å²) in [7, 11) is 0. The topological polar surface area (TPSA) is 122 Å². The van der Waals surface area contributed by atoms with Crippen molar-refractivity contribution in [2.75, 3.05) is 49.9 Å². The van der Waals surface area contributed by atoms with E-state index in [0.29, 0.717) is 69.5 Å². The number of hydrogen-bond acceptors (Lipinski definition) is 9. The first-order valence-corrected chi connectivity index (χ1v) is 12.0. The molecule has 14 heteroatoms. The standard InChI is InChI=1S/C22H26F3N9O2/c23-22(24,25)13-31-8-5-21(6-9-31)11-32(12-21)17(35)14-3-1-7-33(14)19-28-18(26)34-20(29-19)27-16(30-34)15-4-2-10-36-15/h2,4,10,14H,1,3,5-9,11-13H2,(H2,26,27,28,29,30)/t14-/m0/s1. The van der Waals surface area contributed by atoms with E-state index in [9.17, 15) is 18.0 Å². The Balaban J connectivity index is 1.13. The number of carbonyl (C=O) groups excluding carboxylic acids is 1. The van der Waals surface area contributed by atoms with E-state index in [0.717, 1.165) is 6.42 Å². The smallest absolute Gasteiger partial charge is 0.401 e. The highest BCUT2D eigenvalue weighted by molar-refractivity contribution is 5.86. The van der Waals surface area contributed by atoms with E-state index in [1.807, 2.05) is 9.80 Å². The lowest BCUT2D eigenvalue weighted by atomic mass is 9.71. The fourth-order valence-electron chi connectivity index (χ4n) is 5.58. The monoisotopic (exact) mass is 505 g/mol. The largest absolute Gasteiger partial charge is 0.461 e. The molecule has 1 spiro atoms.